The maximum Gasteiger partial charge on any atom is 0.253 e. The highest BCUT2D eigenvalue weighted by atomic mass is 32.2. The quantitative estimate of drug-likeness (QED) is 0.805. The van der Waals surface area contributed by atoms with Crippen molar-refractivity contribution in [1.82, 2.24) is 9.21 Å². The van der Waals surface area contributed by atoms with Gasteiger partial charge in [0, 0.05) is 31.7 Å². The summed E-state index contributed by atoms with van der Waals surface area (Å²) in [7, 11) is -3.10. The third-order valence-electron chi connectivity index (χ3n) is 4.23. The van der Waals surface area contributed by atoms with E-state index in [0.29, 0.717) is 31.7 Å². The van der Waals surface area contributed by atoms with E-state index in [2.05, 4.69) is 0 Å². The van der Waals surface area contributed by atoms with Crippen LogP contribution in [0.15, 0.2) is 30.3 Å². The van der Waals surface area contributed by atoms with E-state index in [-0.39, 0.29) is 17.7 Å². The lowest BCUT2D eigenvalue weighted by Gasteiger charge is -2.20. The van der Waals surface area contributed by atoms with Crippen LogP contribution in [0.25, 0.3) is 0 Å². The first kappa shape index (κ1) is 13.6. The molecule has 6 heteroatoms. The number of hydrogen-bond donors (Lipinski definition) is 0. The third kappa shape index (κ3) is 2.45. The Morgan fingerprint density at radius 3 is 2.10 bits per heavy atom. The Bertz CT molecular complexity index is 601. The van der Waals surface area contributed by atoms with Crippen LogP contribution in [0, 0.1) is 11.8 Å². The lowest BCUT2D eigenvalue weighted by Crippen LogP contribution is -2.35. The van der Waals surface area contributed by atoms with Crippen molar-refractivity contribution in [3.8, 4) is 0 Å². The van der Waals surface area contributed by atoms with E-state index in [4.69, 9.17) is 0 Å². The van der Waals surface area contributed by atoms with Crippen molar-refractivity contribution < 1.29 is 13.2 Å². The number of amides is 1. The van der Waals surface area contributed by atoms with Gasteiger partial charge in [-0.05, 0) is 24.0 Å². The number of likely N-dealkylation sites (tertiary alicyclic amines) is 1. The molecule has 1 aromatic carbocycles. The van der Waals surface area contributed by atoms with Crippen LogP contribution in [-0.4, -0.2) is 56.0 Å². The number of rotatable bonds is 2. The molecular formula is C14H18N2O3S. The molecule has 2 fully saturated rings. The Balaban J connectivity index is 1.68. The van der Waals surface area contributed by atoms with E-state index in [1.54, 1.807) is 0 Å². The van der Waals surface area contributed by atoms with Gasteiger partial charge < -0.3 is 4.90 Å². The van der Waals surface area contributed by atoms with E-state index in [1.165, 1.54) is 10.6 Å². The second kappa shape index (κ2) is 4.86. The lowest BCUT2D eigenvalue weighted by atomic mass is 10.0. The van der Waals surface area contributed by atoms with Gasteiger partial charge in [-0.3, -0.25) is 4.79 Å². The predicted molar refractivity (Wildman–Crippen MR) is 75.7 cm³/mol. The van der Waals surface area contributed by atoms with E-state index < -0.39 is 10.0 Å². The summed E-state index contributed by atoms with van der Waals surface area (Å²) in [6.45, 7) is 2.40. The molecule has 5 nitrogen and oxygen atoms in total. The highest BCUT2D eigenvalue weighted by Gasteiger charge is 2.44. The SMILES string of the molecule is CS(=O)(=O)N1C[C@H]2CN(C(=O)c3ccccc3)C[C@H]2C1. The van der Waals surface area contributed by atoms with Gasteiger partial charge in [-0.15, -0.1) is 0 Å². The molecule has 2 heterocycles. The molecule has 0 radical (unpaired) electrons. The molecule has 0 aliphatic carbocycles. The zero-order chi connectivity index (χ0) is 14.3. The second-order valence-corrected chi connectivity index (χ2v) is 7.66. The standard InChI is InChI=1S/C14H18N2O3S/c1-20(18,19)16-9-12-7-15(8-13(12)10-16)14(17)11-5-3-2-4-6-11/h2-6,12-13H,7-10H2,1H3/t12-,13+. The molecule has 2 aliphatic rings. The summed E-state index contributed by atoms with van der Waals surface area (Å²) >= 11 is 0. The number of hydrogen-bond acceptors (Lipinski definition) is 3. The van der Waals surface area contributed by atoms with Crippen LogP contribution in [-0.2, 0) is 10.0 Å². The average molecular weight is 294 g/mol. The maximum atomic E-state index is 12.4. The molecule has 0 bridgehead atoms. The van der Waals surface area contributed by atoms with Crippen LogP contribution < -0.4 is 0 Å². The van der Waals surface area contributed by atoms with Crippen molar-refractivity contribution >= 4 is 15.9 Å². The van der Waals surface area contributed by atoms with Crippen molar-refractivity contribution in [2.75, 3.05) is 32.4 Å². The molecule has 0 unspecified atom stereocenters. The fourth-order valence-corrected chi connectivity index (χ4v) is 4.07. The maximum absolute atomic E-state index is 12.4. The van der Waals surface area contributed by atoms with E-state index in [0.717, 1.165) is 0 Å². The molecule has 1 amide bonds. The smallest absolute Gasteiger partial charge is 0.253 e. The van der Waals surface area contributed by atoms with Gasteiger partial charge in [0.05, 0.1) is 6.26 Å². The highest BCUT2D eigenvalue weighted by Crippen LogP contribution is 2.32. The Morgan fingerprint density at radius 2 is 1.60 bits per heavy atom. The molecular weight excluding hydrogens is 276 g/mol. The average Bonchev–Trinajstić information content (AvgIpc) is 2.96. The number of benzene rings is 1. The largest absolute Gasteiger partial charge is 0.338 e. The van der Waals surface area contributed by atoms with Gasteiger partial charge in [0.1, 0.15) is 0 Å². The Kier molecular flexibility index (Phi) is 3.30. The number of nitrogens with zero attached hydrogens (tertiary/aromatic N) is 2. The van der Waals surface area contributed by atoms with Crippen molar-refractivity contribution in [3.63, 3.8) is 0 Å². The number of sulfonamides is 1. The molecule has 2 aliphatic heterocycles. The van der Waals surface area contributed by atoms with Crippen LogP contribution in [0.2, 0.25) is 0 Å². The summed E-state index contributed by atoms with van der Waals surface area (Å²) < 4.78 is 24.6. The second-order valence-electron chi connectivity index (χ2n) is 5.68. The van der Waals surface area contributed by atoms with Crippen molar-refractivity contribution in [1.29, 1.82) is 0 Å². The monoisotopic (exact) mass is 294 g/mol. The van der Waals surface area contributed by atoms with Crippen molar-refractivity contribution in [2.45, 2.75) is 0 Å². The molecule has 0 spiro atoms. The Morgan fingerprint density at radius 1 is 1.05 bits per heavy atom. The summed E-state index contributed by atoms with van der Waals surface area (Å²) in [5.41, 5.74) is 0.701. The van der Waals surface area contributed by atoms with Crippen LogP contribution >= 0.6 is 0 Å². The number of carbonyl (C=O) groups is 1. The molecule has 0 N–H and O–H groups in total. The Labute approximate surface area is 119 Å². The van der Waals surface area contributed by atoms with Gasteiger partial charge in [-0.2, -0.15) is 0 Å². The molecule has 2 saturated heterocycles. The van der Waals surface area contributed by atoms with Crippen LogP contribution in [0.5, 0.6) is 0 Å². The minimum absolute atomic E-state index is 0.0471. The fraction of sp³-hybridized carbons (Fsp3) is 0.500. The first-order valence-corrected chi connectivity index (χ1v) is 8.59. The third-order valence-corrected chi connectivity index (χ3v) is 5.47. The zero-order valence-electron chi connectivity index (χ0n) is 11.4. The van der Waals surface area contributed by atoms with E-state index >= 15 is 0 Å². The normalized spacial score (nSPS) is 26.8. The fourth-order valence-electron chi connectivity index (χ4n) is 3.15. The first-order valence-electron chi connectivity index (χ1n) is 6.74. The van der Waals surface area contributed by atoms with Crippen LogP contribution in [0.4, 0.5) is 0 Å². The molecule has 0 saturated carbocycles. The van der Waals surface area contributed by atoms with Gasteiger partial charge in [-0.1, -0.05) is 18.2 Å². The van der Waals surface area contributed by atoms with Crippen LogP contribution in [0.3, 0.4) is 0 Å². The summed E-state index contributed by atoms with van der Waals surface area (Å²) in [6.07, 6.45) is 1.25. The van der Waals surface area contributed by atoms with Crippen molar-refractivity contribution in [3.05, 3.63) is 35.9 Å². The van der Waals surface area contributed by atoms with Gasteiger partial charge in [0.2, 0.25) is 10.0 Å². The summed E-state index contributed by atoms with van der Waals surface area (Å²) in [4.78, 5) is 14.2. The van der Waals surface area contributed by atoms with Gasteiger partial charge in [0.15, 0.2) is 0 Å². The first-order chi connectivity index (χ1) is 9.45. The van der Waals surface area contributed by atoms with Gasteiger partial charge >= 0.3 is 0 Å². The number of fused-ring (bicyclic) bond motifs is 1. The van der Waals surface area contributed by atoms with Crippen LogP contribution in [0.1, 0.15) is 10.4 Å². The zero-order valence-corrected chi connectivity index (χ0v) is 12.2. The molecule has 20 heavy (non-hydrogen) atoms. The minimum Gasteiger partial charge on any atom is -0.338 e. The summed E-state index contributed by atoms with van der Waals surface area (Å²) in [6, 6.07) is 9.24. The van der Waals surface area contributed by atoms with Crippen molar-refractivity contribution in [2.24, 2.45) is 11.8 Å². The lowest BCUT2D eigenvalue weighted by molar-refractivity contribution is 0.0779. The van der Waals surface area contributed by atoms with E-state index in [9.17, 15) is 13.2 Å². The predicted octanol–water partition coefficient (Wildman–Crippen LogP) is 0.650. The van der Waals surface area contributed by atoms with Gasteiger partial charge in [0.25, 0.3) is 5.91 Å². The topological polar surface area (TPSA) is 57.7 Å². The Hall–Kier alpha value is -1.40. The number of carbonyl (C=O) groups excluding carboxylic acids is 1. The molecule has 108 valence electrons. The summed E-state index contributed by atoms with van der Waals surface area (Å²) in [5.74, 6) is 0.598. The van der Waals surface area contributed by atoms with Gasteiger partial charge in [-0.25, -0.2) is 12.7 Å². The highest BCUT2D eigenvalue weighted by molar-refractivity contribution is 7.88. The minimum atomic E-state index is -3.10. The summed E-state index contributed by atoms with van der Waals surface area (Å²) in [5, 5.41) is 0. The molecule has 0 aromatic heterocycles. The van der Waals surface area contributed by atoms with E-state index in [1.807, 2.05) is 35.2 Å². The molecule has 2 atom stereocenters. The molecule has 1 aromatic rings. The molecule has 3 rings (SSSR count).